The van der Waals surface area contributed by atoms with Crippen LogP contribution in [0.5, 0.6) is 5.75 Å². The Morgan fingerprint density at radius 3 is 1.91 bits per heavy atom. The quantitative estimate of drug-likeness (QED) is 0.0170. The zero-order chi connectivity index (χ0) is 43.0. The average Bonchev–Trinajstić information content (AvgIpc) is 3.08. The number of carbonyl (C=O) groups excluding carboxylic acids is 1. The van der Waals surface area contributed by atoms with Gasteiger partial charge in [0, 0.05) is 18.0 Å². The van der Waals surface area contributed by atoms with E-state index in [1.165, 1.54) is 0 Å². The molecule has 3 aromatic carbocycles. The summed E-state index contributed by atoms with van der Waals surface area (Å²) in [6.45, 7) is -1.55. The Morgan fingerprint density at radius 2 is 1.35 bits per heavy atom. The van der Waals surface area contributed by atoms with E-state index in [0.717, 1.165) is 36.4 Å². The molecule has 0 radical (unpaired) electrons. The Morgan fingerprint density at radius 1 is 0.754 bits per heavy atom. The predicted molar refractivity (Wildman–Crippen MR) is 198 cm³/mol. The minimum atomic E-state index is -5.10. The SMILES string of the molecule is O=C(NCCS(=O)(=O)CCOS(=O)(=O)O)Nc1cc(S(=O)(=O)O)cc(N/N=C(/N=Nc2cc(S(=O)(=O)O)ccc2C(=O)O)c2ccc(S(=O)(=O)CCCl)cc2)c1O. The van der Waals surface area contributed by atoms with Crippen molar-refractivity contribution in [3.05, 3.63) is 65.7 Å². The molecule has 0 heterocycles. The molecule has 0 aliphatic rings. The van der Waals surface area contributed by atoms with E-state index < -0.39 is 137 Å². The van der Waals surface area contributed by atoms with Crippen LogP contribution in [-0.2, 0) is 54.5 Å². The van der Waals surface area contributed by atoms with E-state index in [4.69, 9.17) is 16.2 Å². The first-order valence-corrected chi connectivity index (χ1v) is 23.2. The fourth-order valence-electron chi connectivity index (χ4n) is 4.12. The molecule has 0 aliphatic heterocycles. The number of carboxylic acids is 1. The first kappa shape index (κ1) is 46.5. The molecule has 3 aromatic rings. The van der Waals surface area contributed by atoms with E-state index in [2.05, 4.69) is 30.3 Å². The number of anilines is 2. The Labute approximate surface area is 328 Å². The van der Waals surface area contributed by atoms with E-state index in [0.29, 0.717) is 18.2 Å². The summed E-state index contributed by atoms with van der Waals surface area (Å²) in [4.78, 5) is 22.4. The number of nitrogens with one attached hydrogen (secondary N) is 3. The highest BCUT2D eigenvalue weighted by atomic mass is 35.5. The highest BCUT2D eigenvalue weighted by Gasteiger charge is 2.21. The number of amidine groups is 1. The van der Waals surface area contributed by atoms with Crippen molar-refractivity contribution < 1.29 is 79.7 Å². The number of carboxylic acid groups (broad SMARTS) is 1. The number of aromatic hydroxyl groups is 1. The number of hydrogen-bond donors (Lipinski definition) is 8. The fourth-order valence-corrected chi connectivity index (χ4v) is 8.10. The lowest BCUT2D eigenvalue weighted by Crippen LogP contribution is -2.33. The predicted octanol–water partition coefficient (Wildman–Crippen LogP) is 1.51. The number of rotatable bonds is 18. The molecule has 0 spiro atoms. The molecular weight excluding hydrogens is 892 g/mol. The summed E-state index contributed by atoms with van der Waals surface area (Å²) in [5, 5.41) is 36.0. The smallest absolute Gasteiger partial charge is 0.397 e. The van der Waals surface area contributed by atoms with Crippen LogP contribution in [0, 0.1) is 0 Å². The minimum Gasteiger partial charge on any atom is -0.504 e. The summed E-state index contributed by atoms with van der Waals surface area (Å²) in [5.74, 6) is -5.50. The van der Waals surface area contributed by atoms with Crippen LogP contribution >= 0.6 is 11.6 Å². The molecule has 0 atom stereocenters. The highest BCUT2D eigenvalue weighted by Crippen LogP contribution is 2.36. The number of nitrogens with zero attached hydrogens (tertiary/aromatic N) is 3. The van der Waals surface area contributed by atoms with Gasteiger partial charge in [-0.05, 0) is 54.6 Å². The van der Waals surface area contributed by atoms with Gasteiger partial charge in [-0.3, -0.25) is 19.1 Å². The second-order valence-corrected chi connectivity index (χ2v) is 19.6. The molecule has 312 valence electrons. The second-order valence-electron chi connectivity index (χ2n) is 10.9. The molecule has 8 N–H and O–H groups in total. The van der Waals surface area contributed by atoms with E-state index in [1.54, 1.807) is 0 Å². The molecule has 3 rings (SSSR count). The van der Waals surface area contributed by atoms with Crippen molar-refractivity contribution >= 4 is 96.8 Å². The second kappa shape index (κ2) is 18.6. The summed E-state index contributed by atoms with van der Waals surface area (Å²) in [7, 11) is -22.8. The first-order valence-electron chi connectivity index (χ1n) is 14.9. The number of hydrogen-bond acceptors (Lipinski definition) is 17. The number of aromatic carboxylic acids is 1. The molecule has 0 saturated heterocycles. The summed E-state index contributed by atoms with van der Waals surface area (Å²) < 4.78 is 150. The van der Waals surface area contributed by atoms with Crippen LogP contribution in [0.2, 0.25) is 0 Å². The maximum Gasteiger partial charge on any atom is 0.397 e. The highest BCUT2D eigenvalue weighted by molar-refractivity contribution is 7.91. The number of benzene rings is 3. The van der Waals surface area contributed by atoms with Gasteiger partial charge in [0.1, 0.15) is 11.4 Å². The van der Waals surface area contributed by atoms with Crippen molar-refractivity contribution in [1.82, 2.24) is 5.32 Å². The molecule has 24 nitrogen and oxygen atoms in total. The molecule has 0 bridgehead atoms. The van der Waals surface area contributed by atoms with Crippen molar-refractivity contribution in [2.24, 2.45) is 15.3 Å². The summed E-state index contributed by atoms with van der Waals surface area (Å²) in [6, 6.07) is 6.63. The number of halogens is 1. The Kier molecular flexibility index (Phi) is 15.2. The van der Waals surface area contributed by atoms with Gasteiger partial charge < -0.3 is 20.8 Å². The number of carbonyl (C=O) groups is 2. The molecule has 0 aromatic heterocycles. The average molecular weight is 921 g/mol. The van der Waals surface area contributed by atoms with Crippen LogP contribution in [-0.4, -0.2) is 120 Å². The maximum atomic E-state index is 12.5. The Balaban J connectivity index is 2.04. The van der Waals surface area contributed by atoms with Crippen LogP contribution in [0.25, 0.3) is 0 Å². The maximum absolute atomic E-state index is 12.5. The number of phenolic OH excluding ortho intramolecular Hbond substituents is 1. The normalized spacial score (nSPS) is 13.0. The fraction of sp³-hybridized carbons (Fsp3) is 0.222. The third-order valence-electron chi connectivity index (χ3n) is 6.80. The van der Waals surface area contributed by atoms with Crippen LogP contribution in [0.15, 0.2) is 84.6 Å². The third kappa shape index (κ3) is 14.2. The standard InChI is InChI=1S/C27H29ClN6O18S5/c28-7-10-54(41,42)17-3-1-16(2-4-17)25(33-31-21-13-18(55(43,44)45)5-6-20(21)26(36)37)34-32-23-15-19(56(46,47)48)14-22(24(23)35)30-27(38)29-8-11-53(39,40)12-9-52-57(49,50)51/h1-6,13-15,32,35H,7-12H2,(H,36,37)(H2,29,30,38)(H,43,44,45)(H,46,47,48)(H,49,50,51)/b33-31?,34-25+. The lowest BCUT2D eigenvalue weighted by atomic mass is 10.2. The lowest BCUT2D eigenvalue weighted by molar-refractivity contribution is 0.0697. The Bertz CT molecular complexity index is 2660. The van der Waals surface area contributed by atoms with E-state index in [-0.39, 0.29) is 16.3 Å². The number of hydrazone groups is 1. The van der Waals surface area contributed by atoms with Crippen molar-refractivity contribution in [3.63, 3.8) is 0 Å². The molecule has 30 heteroatoms. The minimum absolute atomic E-state index is 0.0958. The van der Waals surface area contributed by atoms with Gasteiger partial charge >= 0.3 is 22.4 Å². The zero-order valence-corrected chi connectivity index (χ0v) is 33.1. The largest absolute Gasteiger partial charge is 0.504 e. The molecule has 0 aliphatic carbocycles. The summed E-state index contributed by atoms with van der Waals surface area (Å²) >= 11 is 5.57. The van der Waals surface area contributed by atoms with Gasteiger partial charge in [-0.1, -0.05) is 0 Å². The first-order chi connectivity index (χ1) is 26.2. The van der Waals surface area contributed by atoms with Gasteiger partial charge in [0.2, 0.25) is 5.84 Å². The molecule has 2 amide bonds. The van der Waals surface area contributed by atoms with E-state index in [9.17, 15) is 71.0 Å². The van der Waals surface area contributed by atoms with Gasteiger partial charge in [-0.2, -0.15) is 30.4 Å². The van der Waals surface area contributed by atoms with Crippen molar-refractivity contribution in [1.29, 1.82) is 0 Å². The van der Waals surface area contributed by atoms with Crippen molar-refractivity contribution in [2.75, 3.05) is 47.0 Å². The Hall–Kier alpha value is -4.85. The lowest BCUT2D eigenvalue weighted by Gasteiger charge is -2.14. The topological polar surface area (TPSA) is 388 Å². The van der Waals surface area contributed by atoms with E-state index in [1.807, 2.05) is 5.32 Å². The van der Waals surface area contributed by atoms with Crippen molar-refractivity contribution in [3.8, 4) is 5.75 Å². The number of urea groups is 1. The zero-order valence-electron chi connectivity index (χ0n) is 28.2. The van der Waals surface area contributed by atoms with Gasteiger partial charge in [-0.25, -0.2) is 30.6 Å². The number of phenols is 1. The number of sulfone groups is 2. The van der Waals surface area contributed by atoms with Gasteiger partial charge in [0.15, 0.2) is 25.4 Å². The van der Waals surface area contributed by atoms with Gasteiger partial charge in [-0.15, -0.1) is 21.8 Å². The number of azo groups is 1. The monoisotopic (exact) mass is 920 g/mol. The molecule has 57 heavy (non-hydrogen) atoms. The number of alkyl halides is 1. The summed E-state index contributed by atoms with van der Waals surface area (Å²) in [5.41, 5.74) is -0.558. The van der Waals surface area contributed by atoms with Crippen molar-refractivity contribution in [2.45, 2.75) is 14.7 Å². The van der Waals surface area contributed by atoms with Crippen LogP contribution in [0.4, 0.5) is 21.9 Å². The molecule has 0 saturated carbocycles. The van der Waals surface area contributed by atoms with Gasteiger partial charge in [0.25, 0.3) is 20.2 Å². The van der Waals surface area contributed by atoms with Crippen LogP contribution in [0.3, 0.4) is 0 Å². The third-order valence-corrected chi connectivity index (χ3v) is 12.7. The van der Waals surface area contributed by atoms with E-state index >= 15 is 0 Å². The van der Waals surface area contributed by atoms with Crippen LogP contribution < -0.4 is 16.1 Å². The van der Waals surface area contributed by atoms with Crippen LogP contribution in [0.1, 0.15) is 15.9 Å². The molecule has 0 unspecified atom stereocenters. The number of amides is 2. The molecule has 0 fully saturated rings. The summed E-state index contributed by atoms with van der Waals surface area (Å²) in [6.07, 6.45) is 0. The van der Waals surface area contributed by atoms with Gasteiger partial charge in [0.05, 0.1) is 49.8 Å². The molecular formula is C27H29ClN6O18S5.